The van der Waals surface area contributed by atoms with Gasteiger partial charge in [0, 0.05) is 44.6 Å². The number of hydrogen-bond acceptors (Lipinski definition) is 5. The molecule has 5 aliphatic rings. The number of benzene rings is 6. The topological polar surface area (TPSA) is 64.7 Å². The van der Waals surface area contributed by atoms with Crippen molar-refractivity contribution in [2.45, 2.75) is 37.5 Å². The molecule has 0 amide bonds. The van der Waals surface area contributed by atoms with Gasteiger partial charge in [-0.2, -0.15) is 0 Å². The maximum absolute atomic E-state index is 6.25. The Kier molecular flexibility index (Phi) is 7.13. The summed E-state index contributed by atoms with van der Waals surface area (Å²) < 4.78 is 6.25. The summed E-state index contributed by atoms with van der Waals surface area (Å²) >= 11 is 0. The maximum atomic E-state index is 6.25. The van der Waals surface area contributed by atoms with Gasteiger partial charge in [0.15, 0.2) is 17.5 Å². The van der Waals surface area contributed by atoms with Crippen LogP contribution in [0.15, 0.2) is 162 Å². The Hall–Kier alpha value is -6.72. The van der Waals surface area contributed by atoms with Crippen LogP contribution < -0.4 is 0 Å². The lowest BCUT2D eigenvalue weighted by atomic mass is 9.42. The SMILES string of the molecule is c1ccc(-c2nc(-c3ccc(-c4ccccn4)cc3)nc(-c3cccc4c3C3(c5cc(-c6ccc7oc8ccccc8c7c6)ccc5-4)C4CC5CC(C4)CC3C5)n2)cc1. The molecule has 5 heteroatoms. The van der Waals surface area contributed by atoms with Gasteiger partial charge < -0.3 is 4.42 Å². The van der Waals surface area contributed by atoms with Crippen LogP contribution >= 0.6 is 0 Å². The number of hydrogen-bond donors (Lipinski definition) is 0. The molecule has 5 aliphatic carbocycles. The quantitative estimate of drug-likeness (QED) is 0.175. The molecule has 0 radical (unpaired) electrons. The molecule has 282 valence electrons. The lowest BCUT2D eigenvalue weighted by molar-refractivity contribution is -0.0397. The first-order chi connectivity index (χ1) is 29.2. The van der Waals surface area contributed by atoms with Gasteiger partial charge in [-0.05, 0) is 126 Å². The molecule has 5 nitrogen and oxygen atoms in total. The normalized spacial score (nSPS) is 22.3. The molecule has 1 spiro atoms. The van der Waals surface area contributed by atoms with E-state index in [4.69, 9.17) is 19.4 Å². The second kappa shape index (κ2) is 12.6. The minimum absolute atomic E-state index is 0.110. The van der Waals surface area contributed by atoms with Crippen LogP contribution in [0.25, 0.3) is 89.6 Å². The van der Waals surface area contributed by atoms with E-state index in [1.807, 2.05) is 36.5 Å². The molecule has 4 fully saturated rings. The number of aromatic nitrogens is 4. The summed E-state index contributed by atoms with van der Waals surface area (Å²) in [5.41, 5.74) is 15.0. The summed E-state index contributed by atoms with van der Waals surface area (Å²) in [5, 5.41) is 2.33. The van der Waals surface area contributed by atoms with Gasteiger partial charge in [-0.25, -0.2) is 15.0 Å². The molecule has 0 aliphatic heterocycles. The summed E-state index contributed by atoms with van der Waals surface area (Å²) in [7, 11) is 0. The van der Waals surface area contributed by atoms with Crippen molar-refractivity contribution in [3.8, 4) is 67.7 Å². The molecule has 3 aromatic heterocycles. The molecule has 0 atom stereocenters. The Bertz CT molecular complexity index is 3090. The molecule has 4 bridgehead atoms. The fourth-order valence-electron chi connectivity index (χ4n) is 12.2. The van der Waals surface area contributed by atoms with Gasteiger partial charge in [0.25, 0.3) is 0 Å². The van der Waals surface area contributed by atoms with Crippen LogP contribution in [0.4, 0.5) is 0 Å². The highest BCUT2D eigenvalue weighted by Gasteiger charge is 2.62. The molecule has 0 N–H and O–H groups in total. The Morgan fingerprint density at radius 3 is 1.85 bits per heavy atom. The Balaban J connectivity index is 1.01. The fourth-order valence-corrected chi connectivity index (χ4v) is 12.2. The summed E-state index contributed by atoms with van der Waals surface area (Å²) in [5.74, 6) is 4.91. The van der Waals surface area contributed by atoms with Gasteiger partial charge in [0.2, 0.25) is 0 Å². The van der Waals surface area contributed by atoms with E-state index in [1.165, 1.54) is 70.9 Å². The minimum atomic E-state index is -0.110. The highest BCUT2D eigenvalue weighted by Crippen LogP contribution is 2.70. The molecule has 14 rings (SSSR count). The predicted molar refractivity (Wildman–Crippen MR) is 235 cm³/mol. The first-order valence-electron chi connectivity index (χ1n) is 21.2. The van der Waals surface area contributed by atoms with Crippen molar-refractivity contribution in [1.29, 1.82) is 0 Å². The van der Waals surface area contributed by atoms with Crippen molar-refractivity contribution in [3.63, 3.8) is 0 Å². The van der Waals surface area contributed by atoms with Gasteiger partial charge in [0.1, 0.15) is 11.2 Å². The van der Waals surface area contributed by atoms with Gasteiger partial charge >= 0.3 is 0 Å². The summed E-state index contributed by atoms with van der Waals surface area (Å²) in [6.45, 7) is 0. The highest BCUT2D eigenvalue weighted by atomic mass is 16.3. The van der Waals surface area contributed by atoms with Crippen LogP contribution in [0.3, 0.4) is 0 Å². The van der Waals surface area contributed by atoms with Gasteiger partial charge in [0.05, 0.1) is 5.69 Å². The van der Waals surface area contributed by atoms with Crippen LogP contribution in [0, 0.1) is 23.7 Å². The van der Waals surface area contributed by atoms with Crippen LogP contribution in [-0.2, 0) is 5.41 Å². The number of furan rings is 1. The van der Waals surface area contributed by atoms with E-state index < -0.39 is 0 Å². The Morgan fingerprint density at radius 1 is 0.441 bits per heavy atom. The second-order valence-electron chi connectivity index (χ2n) is 17.4. The summed E-state index contributed by atoms with van der Waals surface area (Å²) in [6.07, 6.45) is 8.40. The lowest BCUT2D eigenvalue weighted by Gasteiger charge is -2.61. The van der Waals surface area contributed by atoms with Crippen molar-refractivity contribution in [2.75, 3.05) is 0 Å². The van der Waals surface area contributed by atoms with E-state index in [0.29, 0.717) is 23.5 Å². The van der Waals surface area contributed by atoms with Crippen molar-refractivity contribution < 1.29 is 4.42 Å². The summed E-state index contributed by atoms with van der Waals surface area (Å²) in [6, 6.07) is 54.2. The maximum Gasteiger partial charge on any atom is 0.164 e. The largest absolute Gasteiger partial charge is 0.456 e. The smallest absolute Gasteiger partial charge is 0.164 e. The van der Waals surface area contributed by atoms with Gasteiger partial charge in [-0.1, -0.05) is 115 Å². The van der Waals surface area contributed by atoms with Crippen LogP contribution in [0.2, 0.25) is 0 Å². The van der Waals surface area contributed by atoms with Crippen molar-refractivity contribution >= 4 is 21.9 Å². The van der Waals surface area contributed by atoms with E-state index in [2.05, 4.69) is 126 Å². The average Bonchev–Trinajstić information content (AvgIpc) is 3.81. The van der Waals surface area contributed by atoms with Crippen molar-refractivity contribution in [3.05, 3.63) is 169 Å². The third kappa shape index (κ3) is 4.97. The van der Waals surface area contributed by atoms with Gasteiger partial charge in [-0.15, -0.1) is 0 Å². The van der Waals surface area contributed by atoms with Crippen LogP contribution in [-0.4, -0.2) is 19.9 Å². The monoisotopic (exact) mass is 760 g/mol. The van der Waals surface area contributed by atoms with E-state index in [0.717, 1.165) is 62.2 Å². The van der Waals surface area contributed by atoms with E-state index in [9.17, 15) is 0 Å². The highest BCUT2D eigenvalue weighted by molar-refractivity contribution is 6.06. The molecule has 3 heterocycles. The van der Waals surface area contributed by atoms with Crippen molar-refractivity contribution in [1.82, 2.24) is 19.9 Å². The number of pyridine rings is 1. The molecule has 0 saturated heterocycles. The number of nitrogens with zero attached hydrogens (tertiary/aromatic N) is 4. The molecule has 59 heavy (non-hydrogen) atoms. The summed E-state index contributed by atoms with van der Waals surface area (Å²) in [4.78, 5) is 20.5. The van der Waals surface area contributed by atoms with E-state index in [-0.39, 0.29) is 5.41 Å². The predicted octanol–water partition coefficient (Wildman–Crippen LogP) is 13.2. The zero-order valence-electron chi connectivity index (χ0n) is 32.6. The van der Waals surface area contributed by atoms with Crippen LogP contribution in [0.5, 0.6) is 0 Å². The third-order valence-corrected chi connectivity index (χ3v) is 14.4. The minimum Gasteiger partial charge on any atom is -0.456 e. The first-order valence-corrected chi connectivity index (χ1v) is 21.2. The number of fused-ring (bicyclic) bond motifs is 6. The molecule has 4 saturated carbocycles. The van der Waals surface area contributed by atoms with Gasteiger partial charge in [-0.3, -0.25) is 4.98 Å². The fraction of sp³-hybridized carbons (Fsp3) is 0.185. The number of para-hydroxylation sites is 1. The molecular formula is C54H40N4O. The Labute approximate surface area is 342 Å². The Morgan fingerprint density at radius 2 is 1.07 bits per heavy atom. The zero-order chi connectivity index (χ0) is 38.7. The molecule has 9 aromatic rings. The van der Waals surface area contributed by atoms with E-state index in [1.54, 1.807) is 0 Å². The molecule has 6 aromatic carbocycles. The zero-order valence-corrected chi connectivity index (χ0v) is 32.6. The number of rotatable bonds is 5. The average molecular weight is 761 g/mol. The van der Waals surface area contributed by atoms with Crippen molar-refractivity contribution in [2.24, 2.45) is 23.7 Å². The lowest BCUT2D eigenvalue weighted by Crippen LogP contribution is -2.55. The molecular weight excluding hydrogens is 721 g/mol. The third-order valence-electron chi connectivity index (χ3n) is 14.4. The van der Waals surface area contributed by atoms with Crippen LogP contribution in [0.1, 0.15) is 43.2 Å². The second-order valence-corrected chi connectivity index (χ2v) is 17.4. The first kappa shape index (κ1) is 33.3. The van der Waals surface area contributed by atoms with E-state index >= 15 is 0 Å². The standard InChI is InChI=1S/C54H40N4O/c1-2-9-35(10-3-1)51-56-52(36-18-16-34(17-19-36)47-14-6-7-24-55-47)58-53(57-51)44-13-8-12-43-41-22-20-38(37-21-23-49-45(30-37)42-11-4-5-15-48(42)59-49)31-46(41)54(50(43)44)39-26-32-25-33(28-39)29-40(54)27-32/h1-24,30-33,39-40H,25-29H2. The molecule has 0 unspecified atom stereocenters.